The third-order valence-corrected chi connectivity index (χ3v) is 5.53. The third-order valence-electron chi connectivity index (χ3n) is 5.53. The molecule has 0 bridgehead atoms. The number of benzene rings is 3. The molecular formula is C27H22F3N3O3. The van der Waals surface area contributed by atoms with E-state index in [1.54, 1.807) is 28.9 Å². The Balaban J connectivity index is 1.58. The van der Waals surface area contributed by atoms with Crippen molar-refractivity contribution in [3.05, 3.63) is 102 Å². The standard InChI is InChI=1S/C27H22F3N3O3/c28-27(29,30)22-12-10-19(11-13-22)23-16-24(20-4-2-1-3-5-20)33(32-23)17-18-6-8-21(9-7-18)26(36)31-15-14-25(34)35/h1-13,16H,14-15,17H2,(H,31,36)(H,34,35). The zero-order valence-corrected chi connectivity index (χ0v) is 19.0. The molecule has 0 aliphatic heterocycles. The first-order valence-corrected chi connectivity index (χ1v) is 11.1. The topological polar surface area (TPSA) is 84.2 Å². The predicted molar refractivity (Wildman–Crippen MR) is 128 cm³/mol. The average molecular weight is 493 g/mol. The molecule has 36 heavy (non-hydrogen) atoms. The Morgan fingerprint density at radius 3 is 2.17 bits per heavy atom. The number of carboxylic acids is 1. The number of carbonyl (C=O) groups is 2. The summed E-state index contributed by atoms with van der Waals surface area (Å²) < 4.78 is 40.6. The van der Waals surface area contributed by atoms with Crippen LogP contribution in [0.1, 0.15) is 27.9 Å². The number of hydrogen-bond donors (Lipinski definition) is 2. The van der Waals surface area contributed by atoms with E-state index in [0.29, 0.717) is 23.4 Å². The Morgan fingerprint density at radius 1 is 0.889 bits per heavy atom. The van der Waals surface area contributed by atoms with Crippen LogP contribution in [0.5, 0.6) is 0 Å². The predicted octanol–water partition coefficient (Wildman–Crippen LogP) is 5.49. The maximum Gasteiger partial charge on any atom is 0.416 e. The van der Waals surface area contributed by atoms with Crippen LogP contribution in [0.2, 0.25) is 0 Å². The van der Waals surface area contributed by atoms with E-state index >= 15 is 0 Å². The number of nitrogens with zero attached hydrogens (tertiary/aromatic N) is 2. The zero-order valence-electron chi connectivity index (χ0n) is 19.0. The number of aromatic nitrogens is 2. The summed E-state index contributed by atoms with van der Waals surface area (Å²) in [6.45, 7) is 0.405. The zero-order chi connectivity index (χ0) is 25.7. The van der Waals surface area contributed by atoms with Crippen LogP contribution in [-0.4, -0.2) is 33.3 Å². The first-order valence-electron chi connectivity index (χ1n) is 11.1. The van der Waals surface area contributed by atoms with Crippen LogP contribution in [0, 0.1) is 0 Å². The van der Waals surface area contributed by atoms with Crippen molar-refractivity contribution in [2.45, 2.75) is 19.1 Å². The lowest BCUT2D eigenvalue weighted by molar-refractivity contribution is -0.138. The molecule has 9 heteroatoms. The van der Waals surface area contributed by atoms with Gasteiger partial charge in [0, 0.05) is 17.7 Å². The highest BCUT2D eigenvalue weighted by Gasteiger charge is 2.30. The normalized spacial score (nSPS) is 11.3. The number of hydrogen-bond acceptors (Lipinski definition) is 3. The van der Waals surface area contributed by atoms with Gasteiger partial charge in [0.25, 0.3) is 5.91 Å². The van der Waals surface area contributed by atoms with Crippen molar-refractivity contribution in [3.63, 3.8) is 0 Å². The van der Waals surface area contributed by atoms with Gasteiger partial charge in [0.05, 0.1) is 29.9 Å². The number of alkyl halides is 3. The minimum absolute atomic E-state index is 0.0381. The van der Waals surface area contributed by atoms with Crippen LogP contribution in [0.3, 0.4) is 0 Å². The fourth-order valence-electron chi connectivity index (χ4n) is 3.67. The van der Waals surface area contributed by atoms with E-state index < -0.39 is 17.7 Å². The average Bonchev–Trinajstić information content (AvgIpc) is 3.28. The van der Waals surface area contributed by atoms with Gasteiger partial charge >= 0.3 is 12.1 Å². The van der Waals surface area contributed by atoms with Gasteiger partial charge < -0.3 is 10.4 Å². The molecule has 1 aromatic heterocycles. The molecule has 4 rings (SSSR count). The smallest absolute Gasteiger partial charge is 0.416 e. The summed E-state index contributed by atoms with van der Waals surface area (Å²) in [5.74, 6) is -1.36. The monoisotopic (exact) mass is 493 g/mol. The highest BCUT2D eigenvalue weighted by Crippen LogP contribution is 2.32. The van der Waals surface area contributed by atoms with Crippen LogP contribution < -0.4 is 5.32 Å². The van der Waals surface area contributed by atoms with Gasteiger partial charge in [-0.2, -0.15) is 18.3 Å². The van der Waals surface area contributed by atoms with Gasteiger partial charge in [0.2, 0.25) is 0 Å². The molecule has 0 saturated carbocycles. The van der Waals surface area contributed by atoms with Crippen molar-refractivity contribution in [1.29, 1.82) is 0 Å². The lowest BCUT2D eigenvalue weighted by Gasteiger charge is -2.09. The lowest BCUT2D eigenvalue weighted by Crippen LogP contribution is -2.25. The number of carbonyl (C=O) groups excluding carboxylic acids is 1. The maximum absolute atomic E-state index is 13.0. The Labute approximate surface area is 205 Å². The number of aliphatic carboxylic acids is 1. The summed E-state index contributed by atoms with van der Waals surface area (Å²) in [6, 6.07) is 23.1. The molecule has 3 aromatic carbocycles. The minimum Gasteiger partial charge on any atom is -0.481 e. The van der Waals surface area contributed by atoms with E-state index in [9.17, 15) is 22.8 Å². The molecule has 0 fully saturated rings. The van der Waals surface area contributed by atoms with Crippen LogP contribution in [0.15, 0.2) is 84.9 Å². The van der Waals surface area contributed by atoms with Gasteiger partial charge in [-0.1, -0.05) is 54.6 Å². The summed E-state index contributed by atoms with van der Waals surface area (Å²) in [6.07, 6.45) is -4.57. The Hall–Kier alpha value is -4.40. The summed E-state index contributed by atoms with van der Waals surface area (Å²) >= 11 is 0. The second kappa shape index (κ2) is 10.5. The molecule has 0 saturated heterocycles. The SMILES string of the molecule is O=C(O)CCNC(=O)c1ccc(Cn2nc(-c3ccc(C(F)(F)F)cc3)cc2-c2ccccc2)cc1. The van der Waals surface area contributed by atoms with Gasteiger partial charge in [0.1, 0.15) is 0 Å². The first-order chi connectivity index (χ1) is 17.2. The molecule has 1 heterocycles. The maximum atomic E-state index is 13.0. The largest absolute Gasteiger partial charge is 0.481 e. The fourth-order valence-corrected chi connectivity index (χ4v) is 3.67. The van der Waals surface area contributed by atoms with Crippen molar-refractivity contribution < 1.29 is 27.9 Å². The molecule has 0 atom stereocenters. The third kappa shape index (κ3) is 5.99. The van der Waals surface area contributed by atoms with Gasteiger partial charge in [0.15, 0.2) is 0 Å². The second-order valence-electron chi connectivity index (χ2n) is 8.11. The molecule has 0 radical (unpaired) electrons. The van der Waals surface area contributed by atoms with Gasteiger partial charge in [-0.05, 0) is 41.5 Å². The van der Waals surface area contributed by atoms with Crippen LogP contribution in [-0.2, 0) is 17.5 Å². The van der Waals surface area contributed by atoms with E-state index in [0.717, 1.165) is 29.0 Å². The molecule has 4 aromatic rings. The van der Waals surface area contributed by atoms with Crippen LogP contribution in [0.25, 0.3) is 22.5 Å². The van der Waals surface area contributed by atoms with Crippen molar-refractivity contribution in [2.24, 2.45) is 0 Å². The van der Waals surface area contributed by atoms with E-state index in [4.69, 9.17) is 5.11 Å². The molecule has 0 spiro atoms. The van der Waals surface area contributed by atoms with Gasteiger partial charge in [-0.3, -0.25) is 14.3 Å². The van der Waals surface area contributed by atoms with E-state index in [-0.39, 0.29) is 18.9 Å². The highest BCUT2D eigenvalue weighted by atomic mass is 19.4. The van der Waals surface area contributed by atoms with E-state index in [1.807, 2.05) is 36.4 Å². The molecule has 6 nitrogen and oxygen atoms in total. The fraction of sp³-hybridized carbons (Fsp3) is 0.148. The van der Waals surface area contributed by atoms with Crippen LogP contribution >= 0.6 is 0 Å². The highest BCUT2D eigenvalue weighted by molar-refractivity contribution is 5.94. The molecule has 0 aliphatic carbocycles. The van der Waals surface area contributed by atoms with Crippen molar-refractivity contribution in [2.75, 3.05) is 6.54 Å². The first kappa shape index (κ1) is 24.7. The van der Waals surface area contributed by atoms with Gasteiger partial charge in [-0.25, -0.2) is 0 Å². The molecule has 0 aliphatic rings. The molecule has 2 N–H and O–H groups in total. The Kier molecular flexibility index (Phi) is 7.19. The number of rotatable bonds is 8. The summed E-state index contributed by atoms with van der Waals surface area (Å²) in [5.41, 5.74) is 3.33. The van der Waals surface area contributed by atoms with Gasteiger partial charge in [-0.15, -0.1) is 0 Å². The quantitative estimate of drug-likeness (QED) is 0.340. The minimum atomic E-state index is -4.41. The van der Waals surface area contributed by atoms with Crippen LogP contribution in [0.4, 0.5) is 13.2 Å². The number of carboxylic acid groups (broad SMARTS) is 1. The summed E-state index contributed by atoms with van der Waals surface area (Å²) in [5, 5.41) is 15.9. The van der Waals surface area contributed by atoms with Crippen molar-refractivity contribution in [3.8, 4) is 22.5 Å². The Bertz CT molecular complexity index is 1350. The van der Waals surface area contributed by atoms with Crippen molar-refractivity contribution in [1.82, 2.24) is 15.1 Å². The lowest BCUT2D eigenvalue weighted by atomic mass is 10.1. The number of amides is 1. The van der Waals surface area contributed by atoms with E-state index in [1.165, 1.54) is 12.1 Å². The molecule has 1 amide bonds. The number of nitrogens with one attached hydrogen (secondary N) is 1. The second-order valence-corrected chi connectivity index (χ2v) is 8.11. The van der Waals surface area contributed by atoms with E-state index in [2.05, 4.69) is 10.4 Å². The Morgan fingerprint density at radius 2 is 1.56 bits per heavy atom. The summed E-state index contributed by atoms with van der Waals surface area (Å²) in [4.78, 5) is 22.8. The molecule has 0 unspecified atom stereocenters. The van der Waals surface area contributed by atoms with Crippen molar-refractivity contribution >= 4 is 11.9 Å². The molecular weight excluding hydrogens is 471 g/mol. The molecule has 184 valence electrons. The number of halogens is 3. The summed E-state index contributed by atoms with van der Waals surface area (Å²) in [7, 11) is 0.